The van der Waals surface area contributed by atoms with E-state index in [2.05, 4.69) is 14.5 Å². The van der Waals surface area contributed by atoms with Crippen molar-refractivity contribution in [1.82, 2.24) is 14.1 Å². The van der Waals surface area contributed by atoms with Crippen LogP contribution >= 0.6 is 21.0 Å². The van der Waals surface area contributed by atoms with Crippen LogP contribution in [0.5, 0.6) is 0 Å². The van der Waals surface area contributed by atoms with E-state index in [4.69, 9.17) is 11.6 Å². The van der Waals surface area contributed by atoms with Gasteiger partial charge in [0.25, 0.3) is 5.56 Å². The zero-order chi connectivity index (χ0) is 11.9. The fraction of sp³-hybridized carbons (Fsp3) is 0.222. The van der Waals surface area contributed by atoms with Crippen LogP contribution in [0, 0.1) is 0 Å². The number of pyridine rings is 1. The molecule has 2 aromatic rings. The van der Waals surface area contributed by atoms with Gasteiger partial charge in [0.1, 0.15) is 11.1 Å². The summed E-state index contributed by atoms with van der Waals surface area (Å²) in [5.41, 5.74) is 0.548. The first kappa shape index (κ1) is 11.3. The van der Waals surface area contributed by atoms with Crippen LogP contribution in [0.2, 0.25) is 5.02 Å². The number of carbonyl (C=O) groups is 1. The number of nitrogens with zero attached hydrogens (tertiary/aromatic N) is 3. The van der Waals surface area contributed by atoms with Crippen LogP contribution in [-0.4, -0.2) is 20.4 Å². The first-order valence-corrected chi connectivity index (χ1v) is 5.51. The third-order valence-corrected chi connectivity index (χ3v) is 3.23. The smallest absolute Gasteiger partial charge is 0.266 e. The van der Waals surface area contributed by atoms with E-state index in [1.165, 1.54) is 4.34 Å². The molecule has 0 spiro atoms. The maximum Gasteiger partial charge on any atom is 0.266 e. The van der Waals surface area contributed by atoms with Gasteiger partial charge in [0.05, 0.1) is 10.5 Å². The quantitative estimate of drug-likeness (QED) is 0.602. The first-order valence-electron chi connectivity index (χ1n) is 4.62. The summed E-state index contributed by atoms with van der Waals surface area (Å²) in [6.07, 6.45) is 2.17. The minimum Gasteiger partial charge on any atom is -0.298 e. The number of hydrogen-bond donors (Lipinski definition) is 0. The van der Waals surface area contributed by atoms with E-state index in [0.717, 1.165) is 0 Å². The molecule has 0 aliphatic heterocycles. The predicted molar refractivity (Wildman–Crippen MR) is 65.2 cm³/mol. The highest BCUT2D eigenvalue weighted by molar-refractivity contribution is 7.14. The summed E-state index contributed by atoms with van der Waals surface area (Å²) in [5.74, 6) is 0. The first-order chi connectivity index (χ1) is 7.60. The molecule has 0 saturated carbocycles. The molecule has 7 heteroatoms. The van der Waals surface area contributed by atoms with Crippen molar-refractivity contribution in [3.63, 3.8) is 0 Å². The third kappa shape index (κ3) is 1.47. The van der Waals surface area contributed by atoms with Gasteiger partial charge in [0, 0.05) is 12.7 Å². The summed E-state index contributed by atoms with van der Waals surface area (Å²) in [4.78, 5) is 22.5. The van der Waals surface area contributed by atoms with E-state index in [1.807, 2.05) is 6.92 Å². The SMILES string of the molecule is CCn1cc2c(n1)c(Cl)c(C=O)c(=O)n2P. The Bertz CT molecular complexity index is 632. The minimum absolute atomic E-state index is 0.0643. The van der Waals surface area contributed by atoms with Crippen molar-refractivity contribution in [2.24, 2.45) is 0 Å². The number of fused-ring (bicyclic) bond motifs is 1. The van der Waals surface area contributed by atoms with Crippen molar-refractivity contribution in [1.29, 1.82) is 0 Å². The Morgan fingerprint density at radius 2 is 2.31 bits per heavy atom. The molecule has 0 saturated heterocycles. The molecule has 0 N–H and O–H groups in total. The topological polar surface area (TPSA) is 56.9 Å². The highest BCUT2D eigenvalue weighted by Gasteiger charge is 2.15. The van der Waals surface area contributed by atoms with Gasteiger partial charge in [-0.3, -0.25) is 18.6 Å². The van der Waals surface area contributed by atoms with Crippen LogP contribution in [0.25, 0.3) is 11.0 Å². The van der Waals surface area contributed by atoms with Crippen molar-refractivity contribution in [2.45, 2.75) is 13.5 Å². The van der Waals surface area contributed by atoms with Gasteiger partial charge in [0.2, 0.25) is 0 Å². The van der Waals surface area contributed by atoms with Gasteiger partial charge in [-0.15, -0.1) is 0 Å². The lowest BCUT2D eigenvalue weighted by Crippen LogP contribution is -2.17. The zero-order valence-corrected chi connectivity index (χ0v) is 10.4. The molecule has 2 heterocycles. The van der Waals surface area contributed by atoms with Crippen LogP contribution in [0.1, 0.15) is 17.3 Å². The molecule has 2 rings (SSSR count). The van der Waals surface area contributed by atoms with Crippen molar-refractivity contribution >= 4 is 38.3 Å². The highest BCUT2D eigenvalue weighted by atomic mass is 35.5. The Hall–Kier alpha value is -1.19. The molecule has 0 aliphatic rings. The van der Waals surface area contributed by atoms with Crippen LogP contribution < -0.4 is 5.56 Å². The number of aryl methyl sites for hydroxylation is 1. The second-order valence-electron chi connectivity index (χ2n) is 3.24. The van der Waals surface area contributed by atoms with E-state index < -0.39 is 5.56 Å². The van der Waals surface area contributed by atoms with Gasteiger partial charge >= 0.3 is 0 Å². The van der Waals surface area contributed by atoms with E-state index in [-0.39, 0.29) is 10.6 Å². The van der Waals surface area contributed by atoms with Crippen molar-refractivity contribution < 1.29 is 4.79 Å². The standard InChI is InChI=1S/C9H9ClN3O2P/c1-2-12-3-6-8(11-12)7(10)5(4-14)9(15)13(6)16/h3-4H,2,16H2,1H3. The summed E-state index contributed by atoms with van der Waals surface area (Å²) in [6.45, 7) is 2.59. The normalized spacial score (nSPS) is 10.9. The average Bonchev–Trinajstić information content (AvgIpc) is 2.71. The molecule has 16 heavy (non-hydrogen) atoms. The van der Waals surface area contributed by atoms with Crippen LogP contribution in [0.15, 0.2) is 11.0 Å². The fourth-order valence-electron chi connectivity index (χ4n) is 1.47. The number of aromatic nitrogens is 3. The van der Waals surface area contributed by atoms with Gasteiger partial charge in [0.15, 0.2) is 6.29 Å². The second-order valence-corrected chi connectivity index (χ2v) is 4.13. The largest absolute Gasteiger partial charge is 0.298 e. The number of halogens is 1. The Balaban J connectivity index is 2.98. The molecule has 5 nitrogen and oxygen atoms in total. The van der Waals surface area contributed by atoms with E-state index in [9.17, 15) is 9.59 Å². The molecule has 84 valence electrons. The Kier molecular flexibility index (Phi) is 2.82. The van der Waals surface area contributed by atoms with E-state index in [1.54, 1.807) is 10.9 Å². The third-order valence-electron chi connectivity index (χ3n) is 2.34. The van der Waals surface area contributed by atoms with Gasteiger partial charge < -0.3 is 0 Å². The Morgan fingerprint density at radius 3 is 2.88 bits per heavy atom. The van der Waals surface area contributed by atoms with Crippen molar-refractivity contribution in [3.8, 4) is 0 Å². The lowest BCUT2D eigenvalue weighted by atomic mass is 10.2. The predicted octanol–water partition coefficient (Wildman–Crippen LogP) is 1.32. The van der Waals surface area contributed by atoms with Gasteiger partial charge in [-0.05, 0) is 16.3 Å². The molecule has 0 fully saturated rings. The number of rotatable bonds is 2. The summed E-state index contributed by atoms with van der Waals surface area (Å²) in [7, 11) is 2.25. The highest BCUT2D eigenvalue weighted by Crippen LogP contribution is 2.23. The molecular formula is C9H9ClN3O2P. The molecule has 1 atom stereocenters. The molecule has 0 aromatic carbocycles. The van der Waals surface area contributed by atoms with E-state index >= 15 is 0 Å². The molecule has 0 amide bonds. The maximum absolute atomic E-state index is 11.7. The summed E-state index contributed by atoms with van der Waals surface area (Å²) >= 11 is 5.96. The second kappa shape index (κ2) is 4.00. The monoisotopic (exact) mass is 257 g/mol. The van der Waals surface area contributed by atoms with Crippen molar-refractivity contribution in [3.05, 3.63) is 27.1 Å². The molecule has 1 unspecified atom stereocenters. The maximum atomic E-state index is 11.7. The lowest BCUT2D eigenvalue weighted by Gasteiger charge is -2.01. The van der Waals surface area contributed by atoms with Crippen LogP contribution in [-0.2, 0) is 6.54 Å². The fourth-order valence-corrected chi connectivity index (χ4v) is 2.06. The Morgan fingerprint density at radius 1 is 1.62 bits per heavy atom. The number of aldehydes is 1. The number of carbonyl (C=O) groups excluding carboxylic acids is 1. The van der Waals surface area contributed by atoms with Crippen molar-refractivity contribution in [2.75, 3.05) is 0 Å². The molecular weight excluding hydrogens is 249 g/mol. The molecule has 0 bridgehead atoms. The van der Waals surface area contributed by atoms with Crippen LogP contribution in [0.3, 0.4) is 0 Å². The zero-order valence-electron chi connectivity index (χ0n) is 8.48. The van der Waals surface area contributed by atoms with Gasteiger partial charge in [-0.25, -0.2) is 0 Å². The Labute approximate surface area is 98.3 Å². The van der Waals surface area contributed by atoms with Gasteiger partial charge in [-0.1, -0.05) is 11.6 Å². The van der Waals surface area contributed by atoms with Gasteiger partial charge in [-0.2, -0.15) is 5.10 Å². The lowest BCUT2D eigenvalue weighted by molar-refractivity contribution is 0.112. The summed E-state index contributed by atoms with van der Waals surface area (Å²) in [6, 6.07) is 0. The average molecular weight is 258 g/mol. The minimum atomic E-state index is -0.437. The summed E-state index contributed by atoms with van der Waals surface area (Å²) < 4.78 is 2.95. The molecule has 0 radical (unpaired) electrons. The molecule has 2 aromatic heterocycles. The van der Waals surface area contributed by atoms with E-state index in [0.29, 0.717) is 23.9 Å². The summed E-state index contributed by atoms with van der Waals surface area (Å²) in [5, 5.41) is 4.31. The number of hydrogen-bond acceptors (Lipinski definition) is 3. The molecule has 0 aliphatic carbocycles. The van der Waals surface area contributed by atoms with Crippen LogP contribution in [0.4, 0.5) is 0 Å².